The molecule has 0 unspecified atom stereocenters. The van der Waals surface area contributed by atoms with Crippen LogP contribution in [0.4, 0.5) is 16.0 Å². The predicted octanol–water partition coefficient (Wildman–Crippen LogP) is 4.07. The average molecular weight is 380 g/mol. The molecule has 0 spiro atoms. The molecule has 1 saturated heterocycles. The maximum absolute atomic E-state index is 14.4. The van der Waals surface area contributed by atoms with Crippen LogP contribution in [0.3, 0.4) is 0 Å². The third-order valence-corrected chi connectivity index (χ3v) is 5.01. The number of aromatic nitrogens is 4. The second-order valence-electron chi connectivity index (χ2n) is 7.53. The Morgan fingerprint density at radius 1 is 1.07 bits per heavy atom. The summed E-state index contributed by atoms with van der Waals surface area (Å²) in [6.07, 6.45) is 5.53. The van der Waals surface area contributed by atoms with Gasteiger partial charge < -0.3 is 5.32 Å². The fourth-order valence-corrected chi connectivity index (χ4v) is 3.70. The minimum Gasteiger partial charge on any atom is -0.324 e. The van der Waals surface area contributed by atoms with Gasteiger partial charge in [-0.15, -0.1) is 0 Å². The highest BCUT2D eigenvalue weighted by molar-refractivity contribution is 5.56. The molecule has 3 heterocycles. The predicted molar refractivity (Wildman–Crippen MR) is 108 cm³/mol. The van der Waals surface area contributed by atoms with E-state index in [-0.39, 0.29) is 5.82 Å². The first kappa shape index (κ1) is 18.6. The van der Waals surface area contributed by atoms with E-state index in [1.807, 2.05) is 39.1 Å². The molecule has 0 saturated carbocycles. The molecule has 2 aromatic heterocycles. The lowest BCUT2D eigenvalue weighted by Gasteiger charge is -2.13. The zero-order valence-electron chi connectivity index (χ0n) is 16.5. The largest absolute Gasteiger partial charge is 0.324 e. The van der Waals surface area contributed by atoms with Crippen LogP contribution in [0, 0.1) is 26.6 Å². The van der Waals surface area contributed by atoms with E-state index in [0.717, 1.165) is 47.7 Å². The van der Waals surface area contributed by atoms with E-state index in [2.05, 4.69) is 31.3 Å². The molecule has 1 fully saturated rings. The SMILES string of the molecule is Cc1cc(C)cc(Nc2ncc(F)c(-n3cc(CN4CCCC4)c(C)n3)n2)c1. The molecule has 0 bridgehead atoms. The standard InChI is InChI=1S/C21H25FN6/c1-14-8-15(2)10-18(9-14)24-21-23-11-19(22)20(25-21)28-13-17(16(3)26-28)12-27-6-4-5-7-27/h8-11,13H,4-7,12H2,1-3H3,(H,23,24,25). The molecule has 0 aliphatic carbocycles. The third kappa shape index (κ3) is 4.04. The van der Waals surface area contributed by atoms with E-state index in [4.69, 9.17) is 0 Å². The molecular weight excluding hydrogens is 355 g/mol. The summed E-state index contributed by atoms with van der Waals surface area (Å²) in [5.41, 5.74) is 5.15. The van der Waals surface area contributed by atoms with E-state index in [1.54, 1.807) is 0 Å². The summed E-state index contributed by atoms with van der Waals surface area (Å²) >= 11 is 0. The molecule has 7 heteroatoms. The molecule has 1 aromatic carbocycles. The molecule has 4 rings (SSSR count). The van der Waals surface area contributed by atoms with Crippen LogP contribution in [-0.2, 0) is 6.54 Å². The number of benzene rings is 1. The van der Waals surface area contributed by atoms with Crippen molar-refractivity contribution in [2.75, 3.05) is 18.4 Å². The zero-order valence-corrected chi connectivity index (χ0v) is 16.5. The minimum atomic E-state index is -0.499. The van der Waals surface area contributed by atoms with Crippen LogP contribution >= 0.6 is 0 Å². The first-order chi connectivity index (χ1) is 13.5. The molecule has 3 aromatic rings. The van der Waals surface area contributed by atoms with Crippen molar-refractivity contribution in [1.82, 2.24) is 24.6 Å². The van der Waals surface area contributed by atoms with Crippen molar-refractivity contribution >= 4 is 11.6 Å². The van der Waals surface area contributed by atoms with Crippen LogP contribution in [-0.4, -0.2) is 37.7 Å². The van der Waals surface area contributed by atoms with Gasteiger partial charge in [-0.25, -0.2) is 14.1 Å². The van der Waals surface area contributed by atoms with E-state index < -0.39 is 5.82 Å². The Bertz CT molecular complexity index is 970. The molecular formula is C21H25FN6. The van der Waals surface area contributed by atoms with Gasteiger partial charge in [0.25, 0.3) is 0 Å². The van der Waals surface area contributed by atoms with Gasteiger partial charge in [-0.05, 0) is 70.0 Å². The van der Waals surface area contributed by atoms with Crippen LogP contribution in [0.25, 0.3) is 5.82 Å². The number of rotatable bonds is 5. The number of likely N-dealkylation sites (tertiary alicyclic amines) is 1. The number of hydrogen-bond acceptors (Lipinski definition) is 5. The Kier molecular flexibility index (Phi) is 5.09. The molecule has 28 heavy (non-hydrogen) atoms. The highest BCUT2D eigenvalue weighted by Crippen LogP contribution is 2.21. The van der Waals surface area contributed by atoms with Gasteiger partial charge in [0.05, 0.1) is 11.9 Å². The maximum Gasteiger partial charge on any atom is 0.229 e. The van der Waals surface area contributed by atoms with E-state index >= 15 is 0 Å². The molecule has 1 aliphatic heterocycles. The minimum absolute atomic E-state index is 0.151. The smallest absolute Gasteiger partial charge is 0.229 e. The van der Waals surface area contributed by atoms with Crippen LogP contribution < -0.4 is 5.32 Å². The summed E-state index contributed by atoms with van der Waals surface area (Å²) < 4.78 is 16.0. The van der Waals surface area contributed by atoms with Gasteiger partial charge in [-0.2, -0.15) is 10.1 Å². The molecule has 146 valence electrons. The van der Waals surface area contributed by atoms with Crippen molar-refractivity contribution < 1.29 is 4.39 Å². The van der Waals surface area contributed by atoms with Gasteiger partial charge in [0.1, 0.15) is 0 Å². The van der Waals surface area contributed by atoms with Gasteiger partial charge in [0.15, 0.2) is 11.6 Å². The maximum atomic E-state index is 14.4. The molecule has 0 amide bonds. The van der Waals surface area contributed by atoms with Crippen LogP contribution in [0.5, 0.6) is 0 Å². The van der Waals surface area contributed by atoms with E-state index in [9.17, 15) is 4.39 Å². The monoisotopic (exact) mass is 380 g/mol. The number of anilines is 2. The summed E-state index contributed by atoms with van der Waals surface area (Å²) in [7, 11) is 0. The lowest BCUT2D eigenvalue weighted by atomic mass is 10.1. The first-order valence-corrected chi connectivity index (χ1v) is 9.64. The molecule has 1 N–H and O–H groups in total. The molecule has 0 radical (unpaired) electrons. The van der Waals surface area contributed by atoms with Crippen molar-refractivity contribution in [2.24, 2.45) is 0 Å². The fourth-order valence-electron chi connectivity index (χ4n) is 3.70. The number of hydrogen-bond donors (Lipinski definition) is 1. The van der Waals surface area contributed by atoms with Gasteiger partial charge in [0.2, 0.25) is 5.95 Å². The average Bonchev–Trinajstić information content (AvgIpc) is 3.26. The molecule has 0 atom stereocenters. The van der Waals surface area contributed by atoms with Gasteiger partial charge in [0, 0.05) is 24.0 Å². The zero-order chi connectivity index (χ0) is 19.7. The Labute approximate surface area is 164 Å². The van der Waals surface area contributed by atoms with Crippen LogP contribution in [0.2, 0.25) is 0 Å². The van der Waals surface area contributed by atoms with Gasteiger partial charge in [-0.1, -0.05) is 6.07 Å². The highest BCUT2D eigenvalue weighted by Gasteiger charge is 2.17. The van der Waals surface area contributed by atoms with E-state index in [1.165, 1.54) is 23.7 Å². The van der Waals surface area contributed by atoms with Crippen molar-refractivity contribution in [3.05, 3.63) is 58.8 Å². The Hall–Kier alpha value is -2.80. The second kappa shape index (κ2) is 7.67. The fraction of sp³-hybridized carbons (Fsp3) is 0.381. The third-order valence-electron chi connectivity index (χ3n) is 5.01. The number of nitrogens with zero attached hydrogens (tertiary/aromatic N) is 5. The topological polar surface area (TPSA) is 58.9 Å². The summed E-state index contributed by atoms with van der Waals surface area (Å²) in [4.78, 5) is 10.9. The van der Waals surface area contributed by atoms with Gasteiger partial charge >= 0.3 is 0 Å². The molecule has 6 nitrogen and oxygen atoms in total. The quantitative estimate of drug-likeness (QED) is 0.723. The van der Waals surface area contributed by atoms with E-state index in [0.29, 0.717) is 5.95 Å². The first-order valence-electron chi connectivity index (χ1n) is 9.64. The van der Waals surface area contributed by atoms with Crippen molar-refractivity contribution in [3.8, 4) is 5.82 Å². The number of halogens is 1. The summed E-state index contributed by atoms with van der Waals surface area (Å²) in [6, 6.07) is 6.10. The number of aryl methyl sites for hydroxylation is 3. The summed E-state index contributed by atoms with van der Waals surface area (Å²) in [6.45, 7) is 9.07. The lowest BCUT2D eigenvalue weighted by Crippen LogP contribution is -2.18. The van der Waals surface area contributed by atoms with Crippen LogP contribution in [0.15, 0.2) is 30.6 Å². The van der Waals surface area contributed by atoms with Crippen molar-refractivity contribution in [2.45, 2.75) is 40.2 Å². The van der Waals surface area contributed by atoms with Crippen molar-refractivity contribution in [1.29, 1.82) is 0 Å². The molecule has 1 aliphatic rings. The Morgan fingerprint density at radius 3 is 2.50 bits per heavy atom. The normalized spacial score (nSPS) is 14.6. The Morgan fingerprint density at radius 2 is 1.79 bits per heavy atom. The highest BCUT2D eigenvalue weighted by atomic mass is 19.1. The lowest BCUT2D eigenvalue weighted by molar-refractivity contribution is 0.330. The summed E-state index contributed by atoms with van der Waals surface area (Å²) in [5, 5.41) is 7.66. The Balaban J connectivity index is 1.60. The number of nitrogens with one attached hydrogen (secondary N) is 1. The second-order valence-corrected chi connectivity index (χ2v) is 7.53. The van der Waals surface area contributed by atoms with Crippen molar-refractivity contribution in [3.63, 3.8) is 0 Å². The summed E-state index contributed by atoms with van der Waals surface area (Å²) in [5.74, 6) is -0.00510. The van der Waals surface area contributed by atoms with Crippen LogP contribution in [0.1, 0.15) is 35.2 Å². The van der Waals surface area contributed by atoms with Gasteiger partial charge in [-0.3, -0.25) is 4.90 Å².